The molecule has 1 aromatic carbocycles. The van der Waals surface area contributed by atoms with E-state index < -0.39 is 17.2 Å². The van der Waals surface area contributed by atoms with Gasteiger partial charge in [-0.25, -0.2) is 8.78 Å². The predicted octanol–water partition coefficient (Wildman–Crippen LogP) is 1.92. The van der Waals surface area contributed by atoms with Crippen LogP contribution in [0.2, 0.25) is 0 Å². The number of nitrogens with one attached hydrogen (secondary N) is 1. The molecule has 2 fully saturated rings. The van der Waals surface area contributed by atoms with E-state index >= 15 is 0 Å². The average Bonchev–Trinajstić information content (AvgIpc) is 3.08. The Morgan fingerprint density at radius 3 is 2.73 bits per heavy atom. The number of aliphatic imine (C=N–C) groups is 1. The number of anilines is 1. The van der Waals surface area contributed by atoms with Crippen molar-refractivity contribution in [3.63, 3.8) is 0 Å². The highest BCUT2D eigenvalue weighted by molar-refractivity contribution is 7.99. The maximum Gasteiger partial charge on any atom is 0.194 e. The van der Waals surface area contributed by atoms with Crippen LogP contribution in [0, 0.1) is 11.6 Å². The minimum atomic E-state index is -0.710. The highest BCUT2D eigenvalue weighted by Gasteiger charge is 2.32. The van der Waals surface area contributed by atoms with E-state index in [1.165, 1.54) is 12.1 Å². The van der Waals surface area contributed by atoms with Crippen LogP contribution in [-0.2, 0) is 0 Å². The Morgan fingerprint density at radius 1 is 1.31 bits per heavy atom. The SMILES string of the molecule is CCNC(=NCC1(O)CCSC1)N1CCN(c2cc(F)ccc2F)CC1. The Hall–Kier alpha value is -1.54. The first-order valence-electron chi connectivity index (χ1n) is 9.04. The number of piperazine rings is 1. The van der Waals surface area contributed by atoms with E-state index in [0.717, 1.165) is 36.5 Å². The van der Waals surface area contributed by atoms with Gasteiger partial charge in [-0.05, 0) is 31.2 Å². The fourth-order valence-corrected chi connectivity index (χ4v) is 4.54. The molecule has 0 radical (unpaired) electrons. The van der Waals surface area contributed by atoms with Gasteiger partial charge >= 0.3 is 0 Å². The van der Waals surface area contributed by atoms with Crippen LogP contribution in [-0.4, -0.2) is 72.3 Å². The van der Waals surface area contributed by atoms with Crippen molar-refractivity contribution in [2.75, 3.05) is 55.7 Å². The third-order valence-corrected chi connectivity index (χ3v) is 6.00. The first kappa shape index (κ1) is 19.2. The summed E-state index contributed by atoms with van der Waals surface area (Å²) in [5, 5.41) is 13.8. The van der Waals surface area contributed by atoms with Crippen molar-refractivity contribution in [2.24, 2.45) is 4.99 Å². The standard InChI is InChI=1S/C18H26F2N4OS/c1-2-21-17(22-12-18(25)5-10-26-13-18)24-8-6-23(7-9-24)16-11-14(19)3-4-15(16)20/h3-4,11,25H,2,5-10,12-13H2,1H3,(H,21,22). The number of thioether (sulfide) groups is 1. The lowest BCUT2D eigenvalue weighted by Gasteiger charge is -2.38. The summed E-state index contributed by atoms with van der Waals surface area (Å²) in [6.07, 6.45) is 0.771. The van der Waals surface area contributed by atoms with Crippen LogP contribution < -0.4 is 10.2 Å². The normalized spacial score (nSPS) is 24.2. The zero-order valence-electron chi connectivity index (χ0n) is 15.0. The van der Waals surface area contributed by atoms with Gasteiger partial charge in [0.05, 0.1) is 17.8 Å². The molecule has 8 heteroatoms. The molecule has 3 rings (SSSR count). The zero-order chi connectivity index (χ0) is 18.6. The highest BCUT2D eigenvalue weighted by Crippen LogP contribution is 2.28. The molecule has 2 aliphatic heterocycles. The number of guanidine groups is 1. The van der Waals surface area contributed by atoms with E-state index in [2.05, 4.69) is 15.2 Å². The van der Waals surface area contributed by atoms with Crippen LogP contribution in [0.3, 0.4) is 0 Å². The van der Waals surface area contributed by atoms with Crippen molar-refractivity contribution in [3.05, 3.63) is 29.8 Å². The fourth-order valence-electron chi connectivity index (χ4n) is 3.26. The van der Waals surface area contributed by atoms with Gasteiger partial charge in [-0.1, -0.05) is 0 Å². The Balaban J connectivity index is 1.63. The second-order valence-corrected chi connectivity index (χ2v) is 7.87. The van der Waals surface area contributed by atoms with Crippen LogP contribution in [0.15, 0.2) is 23.2 Å². The van der Waals surface area contributed by atoms with Gasteiger partial charge in [-0.15, -0.1) is 0 Å². The Kier molecular flexibility index (Phi) is 6.24. The van der Waals surface area contributed by atoms with E-state index in [0.29, 0.717) is 38.4 Å². The Bertz CT molecular complexity index is 644. The predicted molar refractivity (Wildman–Crippen MR) is 103 cm³/mol. The molecule has 1 unspecified atom stereocenters. The van der Waals surface area contributed by atoms with Crippen molar-refractivity contribution in [2.45, 2.75) is 18.9 Å². The molecule has 0 spiro atoms. The van der Waals surface area contributed by atoms with Gasteiger partial charge in [-0.2, -0.15) is 11.8 Å². The summed E-state index contributed by atoms with van der Waals surface area (Å²) in [5.41, 5.74) is -0.401. The largest absolute Gasteiger partial charge is 0.387 e. The van der Waals surface area contributed by atoms with Crippen LogP contribution in [0.4, 0.5) is 14.5 Å². The fraction of sp³-hybridized carbons (Fsp3) is 0.611. The maximum atomic E-state index is 14.0. The number of halogens is 2. The summed E-state index contributed by atoms with van der Waals surface area (Å²) in [5.74, 6) is 1.64. The van der Waals surface area contributed by atoms with Crippen molar-refractivity contribution < 1.29 is 13.9 Å². The second-order valence-electron chi connectivity index (χ2n) is 6.77. The van der Waals surface area contributed by atoms with Crippen LogP contribution >= 0.6 is 11.8 Å². The van der Waals surface area contributed by atoms with Gasteiger partial charge in [0.2, 0.25) is 0 Å². The molecule has 2 saturated heterocycles. The Morgan fingerprint density at radius 2 is 2.08 bits per heavy atom. The quantitative estimate of drug-likeness (QED) is 0.614. The monoisotopic (exact) mass is 384 g/mol. The van der Waals surface area contributed by atoms with Gasteiger partial charge < -0.3 is 20.2 Å². The van der Waals surface area contributed by atoms with Crippen molar-refractivity contribution in [1.82, 2.24) is 10.2 Å². The lowest BCUT2D eigenvalue weighted by Crippen LogP contribution is -2.53. The summed E-state index contributed by atoms with van der Waals surface area (Å²) < 4.78 is 27.4. The lowest BCUT2D eigenvalue weighted by atomic mass is 10.0. The number of hydrogen-bond acceptors (Lipinski definition) is 4. The molecule has 0 amide bonds. The molecule has 26 heavy (non-hydrogen) atoms. The van der Waals surface area contributed by atoms with Crippen LogP contribution in [0.5, 0.6) is 0 Å². The molecule has 2 N–H and O–H groups in total. The van der Waals surface area contributed by atoms with Crippen LogP contribution in [0.1, 0.15) is 13.3 Å². The van der Waals surface area contributed by atoms with E-state index in [1.54, 1.807) is 11.8 Å². The summed E-state index contributed by atoms with van der Waals surface area (Å²) in [4.78, 5) is 8.61. The first-order chi connectivity index (χ1) is 12.5. The second kappa shape index (κ2) is 8.43. The number of rotatable bonds is 4. The minimum Gasteiger partial charge on any atom is -0.387 e. The van der Waals surface area contributed by atoms with Crippen molar-refractivity contribution in [3.8, 4) is 0 Å². The summed E-state index contributed by atoms with van der Waals surface area (Å²) in [6.45, 7) is 5.64. The molecule has 1 atom stereocenters. The lowest BCUT2D eigenvalue weighted by molar-refractivity contribution is 0.0775. The third kappa shape index (κ3) is 4.59. The minimum absolute atomic E-state index is 0.309. The molecule has 5 nitrogen and oxygen atoms in total. The molecule has 0 aliphatic carbocycles. The van der Waals surface area contributed by atoms with Gasteiger partial charge in [0.1, 0.15) is 11.6 Å². The van der Waals surface area contributed by atoms with E-state index in [1.807, 2.05) is 11.8 Å². The van der Waals surface area contributed by atoms with E-state index in [4.69, 9.17) is 0 Å². The number of benzene rings is 1. The zero-order valence-corrected chi connectivity index (χ0v) is 15.9. The van der Waals surface area contributed by atoms with E-state index in [-0.39, 0.29) is 0 Å². The molecule has 0 bridgehead atoms. The third-order valence-electron chi connectivity index (χ3n) is 4.77. The van der Waals surface area contributed by atoms with Gasteiger partial charge in [-0.3, -0.25) is 4.99 Å². The highest BCUT2D eigenvalue weighted by atomic mass is 32.2. The number of nitrogens with zero attached hydrogens (tertiary/aromatic N) is 3. The van der Waals surface area contributed by atoms with Crippen molar-refractivity contribution in [1.29, 1.82) is 0 Å². The topological polar surface area (TPSA) is 51.1 Å². The summed E-state index contributed by atoms with van der Waals surface area (Å²) in [7, 11) is 0. The molecular formula is C18H26F2N4OS. The maximum absolute atomic E-state index is 14.0. The van der Waals surface area contributed by atoms with Gasteiger partial charge in [0, 0.05) is 44.5 Å². The number of aliphatic hydroxyl groups is 1. The van der Waals surface area contributed by atoms with E-state index in [9.17, 15) is 13.9 Å². The van der Waals surface area contributed by atoms with Gasteiger partial charge in [0.25, 0.3) is 0 Å². The summed E-state index contributed by atoms with van der Waals surface area (Å²) >= 11 is 1.76. The van der Waals surface area contributed by atoms with Crippen LogP contribution in [0.25, 0.3) is 0 Å². The van der Waals surface area contributed by atoms with Crippen molar-refractivity contribution >= 4 is 23.4 Å². The molecule has 2 aliphatic rings. The molecule has 2 heterocycles. The average molecular weight is 384 g/mol. The molecule has 0 saturated carbocycles. The molecule has 1 aromatic rings. The molecular weight excluding hydrogens is 358 g/mol. The first-order valence-corrected chi connectivity index (χ1v) is 10.2. The Labute approximate surface area is 157 Å². The molecule has 0 aromatic heterocycles. The number of hydrogen-bond donors (Lipinski definition) is 2. The van der Waals surface area contributed by atoms with Gasteiger partial charge in [0.15, 0.2) is 5.96 Å². The summed E-state index contributed by atoms with van der Waals surface area (Å²) in [6, 6.07) is 3.55. The molecule has 144 valence electrons. The smallest absolute Gasteiger partial charge is 0.194 e.